The SMILES string of the molecule is COC(=O)[C@@H]1[C@H]2C[C@H]3OCc4ccccc4-n4c3c(c3ccccc34)CCN(C#N)C[C@@H]2CC[C@@H]1O.OC[C@@H]1[C@H]2C[C@H]3OCc4ccccc4-n4c3c(c3ccccc34)CCCC[C@@H]2CC[C@@H]1O.[AlH3].[H-].[Li+]. The molecule has 12 rings (SSSR count). The third kappa shape index (κ3) is 9.10. The van der Waals surface area contributed by atoms with Crippen LogP contribution >= 0.6 is 0 Å². The number of aliphatic hydroxyl groups is 3. The molecular weight excluding hydrogens is 887 g/mol. The Morgan fingerprint density at radius 1 is 0.714 bits per heavy atom. The minimum Gasteiger partial charge on any atom is -1.00 e. The molecule has 11 nitrogen and oxygen atoms in total. The maximum absolute atomic E-state index is 12.9. The van der Waals surface area contributed by atoms with Crippen LogP contribution in [0.4, 0.5) is 0 Å². The summed E-state index contributed by atoms with van der Waals surface area (Å²) in [5.41, 5.74) is 12.1. The van der Waals surface area contributed by atoms with Crippen LogP contribution in [-0.4, -0.2) is 91.7 Å². The number of hydrogen-bond donors (Lipinski definition) is 3. The van der Waals surface area contributed by atoms with Crippen molar-refractivity contribution in [2.75, 3.05) is 26.8 Å². The van der Waals surface area contributed by atoms with E-state index in [4.69, 9.17) is 14.2 Å². The molecule has 2 aromatic heterocycles. The fourth-order valence-electron chi connectivity index (χ4n) is 13.7. The zero-order valence-electron chi connectivity index (χ0n) is 41.1. The van der Waals surface area contributed by atoms with Gasteiger partial charge in [0.15, 0.2) is 23.6 Å². The van der Waals surface area contributed by atoms with Crippen molar-refractivity contribution in [1.29, 1.82) is 5.26 Å². The molecule has 0 spiro atoms. The second-order valence-electron chi connectivity index (χ2n) is 20.3. The summed E-state index contributed by atoms with van der Waals surface area (Å²) in [7, 11) is 1.38. The molecule has 5 heterocycles. The predicted octanol–water partition coefficient (Wildman–Crippen LogP) is 5.35. The Morgan fingerprint density at radius 2 is 1.26 bits per heavy atom. The molecule has 0 radical (unpaired) electrons. The van der Waals surface area contributed by atoms with Crippen molar-refractivity contribution in [2.45, 2.75) is 108 Å². The number of hydrogen-bond acceptors (Lipinski definition) is 9. The predicted molar refractivity (Wildman–Crippen MR) is 271 cm³/mol. The van der Waals surface area contributed by atoms with Gasteiger partial charge in [0.25, 0.3) is 0 Å². The minimum atomic E-state index is -0.759. The van der Waals surface area contributed by atoms with E-state index in [0.717, 1.165) is 61.0 Å². The minimum absolute atomic E-state index is 0. The van der Waals surface area contributed by atoms with Gasteiger partial charge in [0, 0.05) is 47.5 Å². The standard InChI is InChI=1S/C29H31N3O4.C28H33NO3.Al.Li.4H/c1-35-29(34)27-22-14-26-28-21(12-13-31(17-30)15-18(22)10-11-25(27)33)20-7-3-5-9-24(20)32(28)23-8-4-2-6-19(23)16-36-26;30-16-23-22-15-27-28-21(10-3-1-7-18(22)13-14-26(23)31)20-9-4-6-12-25(20)29(28)24-11-5-2-8-19(24)17-32-27;;;;;;/h2-9,18,22,25-27,33H,10-16H2,1H3;2,4-6,8-9,11-12,18,22-23,26-27,30-31H,1,3,7,10,13-17H2;;;;;;/q;;;+1;;;;-1/t18-,22-,25-,26+,27+;18-,22+,23-,26+,27-;;;;;;/m01....../s1. The van der Waals surface area contributed by atoms with Crippen LogP contribution in [-0.2, 0) is 45.1 Å². The van der Waals surface area contributed by atoms with Crippen molar-refractivity contribution in [3.8, 4) is 17.6 Å². The maximum atomic E-state index is 12.9. The Bertz CT molecular complexity index is 2870. The Kier molecular flexibility index (Phi) is 15.7. The van der Waals surface area contributed by atoms with Gasteiger partial charge in [-0.25, -0.2) is 0 Å². The van der Waals surface area contributed by atoms with E-state index >= 15 is 0 Å². The second kappa shape index (κ2) is 21.8. The van der Waals surface area contributed by atoms with Crippen LogP contribution in [0.15, 0.2) is 97.1 Å². The monoisotopic (exact) mass is 955 g/mol. The average Bonchev–Trinajstić information content (AvgIpc) is 3.74. The fraction of sp³-hybridized carbons (Fsp3) is 0.474. The van der Waals surface area contributed by atoms with Crippen molar-refractivity contribution < 1.29 is 54.6 Å². The van der Waals surface area contributed by atoms with E-state index in [1.165, 1.54) is 70.7 Å². The Morgan fingerprint density at radius 3 is 1.86 bits per heavy atom. The quantitative estimate of drug-likeness (QED) is 0.119. The van der Waals surface area contributed by atoms with Crippen LogP contribution in [0.1, 0.15) is 105 Å². The Hall–Kier alpha value is -4.35. The summed E-state index contributed by atoms with van der Waals surface area (Å²) in [6.45, 7) is 2.30. The van der Waals surface area contributed by atoms with Gasteiger partial charge in [0.05, 0.1) is 84.5 Å². The van der Waals surface area contributed by atoms with Gasteiger partial charge in [-0.05, 0) is 117 Å². The van der Waals surface area contributed by atoms with E-state index in [0.29, 0.717) is 45.1 Å². The normalized spacial score (nSPS) is 28.0. The van der Waals surface area contributed by atoms with Crippen LogP contribution in [0.2, 0.25) is 0 Å². The number of nitriles is 1. The number of fused-ring (bicyclic) bond motifs is 12. The molecule has 2 fully saturated rings. The number of nitrogens with zero attached hydrogens (tertiary/aromatic N) is 4. The molecular formula is C57H68AlLiN4O7. The first-order valence-electron chi connectivity index (χ1n) is 25.2. The van der Waals surface area contributed by atoms with Crippen molar-refractivity contribution >= 4 is 45.1 Å². The third-order valence-corrected chi connectivity index (χ3v) is 16.9. The first-order chi connectivity index (χ1) is 33.4. The van der Waals surface area contributed by atoms with Gasteiger partial charge in [0.1, 0.15) is 0 Å². The number of ether oxygens (including phenoxy) is 3. The zero-order valence-corrected chi connectivity index (χ0v) is 40.1. The molecule has 0 bridgehead atoms. The van der Waals surface area contributed by atoms with Crippen LogP contribution in [0.25, 0.3) is 33.2 Å². The summed E-state index contributed by atoms with van der Waals surface area (Å²) >= 11 is 0. The molecule has 4 aromatic carbocycles. The molecule has 3 N–H and O–H groups in total. The van der Waals surface area contributed by atoms with Crippen molar-refractivity contribution in [3.63, 3.8) is 0 Å². The topological polar surface area (TPSA) is 142 Å². The molecule has 3 aliphatic carbocycles. The van der Waals surface area contributed by atoms with E-state index in [9.17, 15) is 25.4 Å². The maximum Gasteiger partial charge on any atom is 1.00 e. The second-order valence-corrected chi connectivity index (χ2v) is 20.3. The van der Waals surface area contributed by atoms with E-state index < -0.39 is 18.1 Å². The molecule has 3 aliphatic heterocycles. The molecule has 2 saturated carbocycles. The van der Waals surface area contributed by atoms with Crippen LogP contribution in [0, 0.1) is 47.0 Å². The molecule has 6 aromatic rings. The van der Waals surface area contributed by atoms with Gasteiger partial charge in [-0.1, -0.05) is 85.6 Å². The number of esters is 1. The third-order valence-electron chi connectivity index (χ3n) is 16.9. The van der Waals surface area contributed by atoms with E-state index in [1.807, 2.05) is 11.0 Å². The van der Waals surface area contributed by atoms with Gasteiger partial charge in [0.2, 0.25) is 0 Å². The first kappa shape index (κ1) is 50.6. The number of carbonyl (C=O) groups excluding carboxylic acids is 1. The molecule has 362 valence electrons. The molecule has 70 heavy (non-hydrogen) atoms. The summed E-state index contributed by atoms with van der Waals surface area (Å²) in [5.74, 6) is -0.300. The number of aromatic nitrogens is 2. The molecule has 0 amide bonds. The number of methoxy groups -OCH3 is 1. The number of aliphatic hydroxyl groups excluding tert-OH is 3. The van der Waals surface area contributed by atoms with Gasteiger partial charge in [-0.15, -0.1) is 0 Å². The number of carbonyl (C=O) groups is 1. The zero-order chi connectivity index (χ0) is 46.5. The van der Waals surface area contributed by atoms with Crippen molar-refractivity contribution in [2.24, 2.45) is 35.5 Å². The number of para-hydroxylation sites is 4. The molecule has 0 unspecified atom stereocenters. The van der Waals surface area contributed by atoms with E-state index in [1.54, 1.807) is 0 Å². The number of rotatable bonds is 2. The van der Waals surface area contributed by atoms with E-state index in [2.05, 4.69) is 106 Å². The van der Waals surface area contributed by atoms with E-state index in [-0.39, 0.29) is 86.1 Å². The van der Waals surface area contributed by atoms with Crippen LogP contribution in [0.5, 0.6) is 0 Å². The fourth-order valence-corrected chi connectivity index (χ4v) is 13.7. The molecule has 6 aliphatic rings. The summed E-state index contributed by atoms with van der Waals surface area (Å²) in [5, 5.41) is 44.4. The number of aryl methyl sites for hydroxylation is 1. The molecule has 13 heteroatoms. The van der Waals surface area contributed by atoms with Crippen LogP contribution < -0.4 is 18.9 Å². The van der Waals surface area contributed by atoms with Crippen molar-refractivity contribution in [3.05, 3.63) is 131 Å². The van der Waals surface area contributed by atoms with Gasteiger partial charge < -0.3 is 45.0 Å². The smallest absolute Gasteiger partial charge is 1.00 e. The summed E-state index contributed by atoms with van der Waals surface area (Å²) in [4.78, 5) is 14.8. The largest absolute Gasteiger partial charge is 1.00 e. The average molecular weight is 955 g/mol. The van der Waals surface area contributed by atoms with Gasteiger partial charge in [-0.2, -0.15) is 5.26 Å². The van der Waals surface area contributed by atoms with Gasteiger partial charge in [-0.3, -0.25) is 4.79 Å². The summed E-state index contributed by atoms with van der Waals surface area (Å²) in [6.07, 6.45) is 10.9. The van der Waals surface area contributed by atoms with Gasteiger partial charge >= 0.3 is 24.8 Å². The number of benzene rings is 4. The van der Waals surface area contributed by atoms with Crippen molar-refractivity contribution in [1.82, 2.24) is 14.0 Å². The Labute approximate surface area is 435 Å². The Balaban J connectivity index is 0.000000184. The first-order valence-corrected chi connectivity index (χ1v) is 25.2. The molecule has 10 atom stereocenters. The van der Waals surface area contributed by atoms with Crippen LogP contribution in [0.3, 0.4) is 0 Å². The summed E-state index contributed by atoms with van der Waals surface area (Å²) < 4.78 is 23.3. The molecule has 0 saturated heterocycles. The summed E-state index contributed by atoms with van der Waals surface area (Å²) in [6, 6.07) is 34.2.